The number of nitrogens with one attached hydrogen (secondary N) is 2. The van der Waals surface area contributed by atoms with Crippen molar-refractivity contribution in [3.8, 4) is 5.95 Å². The average Bonchev–Trinajstić information content (AvgIpc) is 2.91. The Hall–Kier alpha value is -2.29. The molecule has 9 heteroatoms. The van der Waals surface area contributed by atoms with Crippen molar-refractivity contribution in [3.63, 3.8) is 0 Å². The van der Waals surface area contributed by atoms with Crippen LogP contribution in [0.15, 0.2) is 12.7 Å². The Balaban J connectivity index is 2.22. The van der Waals surface area contributed by atoms with Gasteiger partial charge < -0.3 is 15.7 Å². The van der Waals surface area contributed by atoms with E-state index in [-0.39, 0.29) is 6.04 Å². The Bertz CT molecular complexity index is 541. The van der Waals surface area contributed by atoms with E-state index in [0.717, 1.165) is 0 Å². The number of nitrogens with zero attached hydrogens (tertiary/aromatic N) is 6. The third-order valence-electron chi connectivity index (χ3n) is 2.54. The lowest BCUT2D eigenvalue weighted by Crippen LogP contribution is -2.23. The molecule has 0 aromatic carbocycles. The maximum absolute atomic E-state index is 9.38. The van der Waals surface area contributed by atoms with Crippen molar-refractivity contribution in [2.24, 2.45) is 0 Å². The molecule has 0 bridgehead atoms. The topological polar surface area (TPSA) is 114 Å². The Morgan fingerprint density at radius 3 is 2.60 bits per heavy atom. The molecule has 0 amide bonds. The minimum Gasteiger partial charge on any atom is -0.393 e. The molecular weight excluding hydrogens is 260 g/mol. The summed E-state index contributed by atoms with van der Waals surface area (Å²) < 4.78 is 1.45. The van der Waals surface area contributed by atoms with Crippen LogP contribution in [0.5, 0.6) is 0 Å². The summed E-state index contributed by atoms with van der Waals surface area (Å²) in [5.41, 5.74) is 0. The van der Waals surface area contributed by atoms with Crippen LogP contribution in [0.2, 0.25) is 0 Å². The molecule has 108 valence electrons. The zero-order chi connectivity index (χ0) is 14.5. The molecule has 2 aromatic rings. The summed E-state index contributed by atoms with van der Waals surface area (Å²) >= 11 is 0. The number of aliphatic hydroxyl groups excluding tert-OH is 1. The average molecular weight is 278 g/mol. The first kappa shape index (κ1) is 14.1. The van der Waals surface area contributed by atoms with E-state index in [4.69, 9.17) is 0 Å². The van der Waals surface area contributed by atoms with Gasteiger partial charge in [0.2, 0.25) is 11.9 Å². The number of anilines is 2. The predicted octanol–water partition coefficient (Wildman–Crippen LogP) is 0.0653. The molecule has 2 aromatic heterocycles. The molecule has 0 aliphatic carbocycles. The van der Waals surface area contributed by atoms with Crippen molar-refractivity contribution in [1.29, 1.82) is 0 Å². The van der Waals surface area contributed by atoms with Crippen LogP contribution in [-0.2, 0) is 0 Å². The summed E-state index contributed by atoms with van der Waals surface area (Å²) in [6, 6.07) is 0.0331. The summed E-state index contributed by atoms with van der Waals surface area (Å²) in [7, 11) is 1.73. The Labute approximate surface area is 116 Å². The van der Waals surface area contributed by atoms with Crippen LogP contribution >= 0.6 is 0 Å². The highest BCUT2D eigenvalue weighted by Crippen LogP contribution is 2.10. The maximum atomic E-state index is 9.38. The van der Waals surface area contributed by atoms with Gasteiger partial charge in [-0.05, 0) is 20.3 Å². The van der Waals surface area contributed by atoms with Crippen molar-refractivity contribution < 1.29 is 5.11 Å². The van der Waals surface area contributed by atoms with E-state index in [1.54, 1.807) is 14.0 Å². The Morgan fingerprint density at radius 2 is 2.00 bits per heavy atom. The smallest absolute Gasteiger partial charge is 0.258 e. The highest BCUT2D eigenvalue weighted by Gasteiger charge is 2.11. The Morgan fingerprint density at radius 1 is 1.25 bits per heavy atom. The van der Waals surface area contributed by atoms with E-state index < -0.39 is 6.10 Å². The second kappa shape index (κ2) is 6.24. The maximum Gasteiger partial charge on any atom is 0.258 e. The van der Waals surface area contributed by atoms with Gasteiger partial charge in [0.25, 0.3) is 5.95 Å². The van der Waals surface area contributed by atoms with Crippen molar-refractivity contribution in [3.05, 3.63) is 12.7 Å². The molecule has 0 saturated heterocycles. The normalized spacial score (nSPS) is 13.8. The van der Waals surface area contributed by atoms with E-state index in [1.807, 2.05) is 6.92 Å². The summed E-state index contributed by atoms with van der Waals surface area (Å²) in [4.78, 5) is 16.6. The van der Waals surface area contributed by atoms with Crippen molar-refractivity contribution in [2.45, 2.75) is 32.4 Å². The summed E-state index contributed by atoms with van der Waals surface area (Å²) in [5, 5.41) is 19.4. The van der Waals surface area contributed by atoms with Gasteiger partial charge in [-0.2, -0.15) is 24.7 Å². The van der Waals surface area contributed by atoms with Crippen LogP contribution in [0.1, 0.15) is 20.3 Å². The number of aromatic nitrogens is 6. The third-order valence-corrected chi connectivity index (χ3v) is 2.54. The molecule has 0 fully saturated rings. The fraction of sp³-hybridized carbons (Fsp3) is 0.545. The van der Waals surface area contributed by atoms with Gasteiger partial charge in [0, 0.05) is 13.1 Å². The fourth-order valence-corrected chi connectivity index (χ4v) is 1.75. The van der Waals surface area contributed by atoms with Gasteiger partial charge in [0.1, 0.15) is 12.7 Å². The number of aliphatic hydroxyl groups is 1. The predicted molar refractivity (Wildman–Crippen MR) is 73.7 cm³/mol. The van der Waals surface area contributed by atoms with Crippen LogP contribution in [0.4, 0.5) is 11.9 Å². The number of hydrogen-bond donors (Lipinski definition) is 3. The van der Waals surface area contributed by atoms with Gasteiger partial charge in [0.15, 0.2) is 0 Å². The van der Waals surface area contributed by atoms with Crippen LogP contribution in [-0.4, -0.2) is 54.0 Å². The third kappa shape index (κ3) is 3.60. The summed E-state index contributed by atoms with van der Waals surface area (Å²) in [6.45, 7) is 3.69. The molecule has 0 saturated carbocycles. The Kier molecular flexibility index (Phi) is 4.41. The molecule has 3 N–H and O–H groups in total. The lowest BCUT2D eigenvalue weighted by molar-refractivity contribution is 0.179. The molecule has 0 aliphatic rings. The van der Waals surface area contributed by atoms with Gasteiger partial charge in [-0.3, -0.25) is 0 Å². The van der Waals surface area contributed by atoms with Crippen LogP contribution < -0.4 is 10.6 Å². The van der Waals surface area contributed by atoms with E-state index >= 15 is 0 Å². The van der Waals surface area contributed by atoms with Gasteiger partial charge >= 0.3 is 0 Å². The summed E-state index contributed by atoms with van der Waals surface area (Å²) in [5.74, 6) is 1.22. The molecule has 2 atom stereocenters. The first-order valence-corrected chi connectivity index (χ1v) is 6.32. The molecule has 2 rings (SSSR count). The van der Waals surface area contributed by atoms with Gasteiger partial charge in [-0.15, -0.1) is 0 Å². The molecular formula is C11H18N8O. The second-order valence-electron chi connectivity index (χ2n) is 4.50. The standard InChI is InChI=1S/C11H18N8O/c1-7(4-8(2)20)15-10-16-9(12-3)17-11(18-10)19-6-13-5-14-19/h5-8,20H,4H2,1-3H3,(H2,12,15,16,17,18). The molecule has 2 unspecified atom stereocenters. The fourth-order valence-electron chi connectivity index (χ4n) is 1.75. The zero-order valence-corrected chi connectivity index (χ0v) is 11.6. The zero-order valence-electron chi connectivity index (χ0n) is 11.6. The van der Waals surface area contributed by atoms with Crippen LogP contribution in [0.3, 0.4) is 0 Å². The summed E-state index contributed by atoms with van der Waals surface area (Å²) in [6.07, 6.45) is 3.13. The van der Waals surface area contributed by atoms with Crippen LogP contribution in [0.25, 0.3) is 5.95 Å². The van der Waals surface area contributed by atoms with E-state index in [1.165, 1.54) is 17.3 Å². The molecule has 2 heterocycles. The molecule has 0 spiro atoms. The molecule has 20 heavy (non-hydrogen) atoms. The lowest BCUT2D eigenvalue weighted by atomic mass is 10.2. The minimum atomic E-state index is -0.391. The molecule has 0 radical (unpaired) electrons. The van der Waals surface area contributed by atoms with Crippen LogP contribution in [0, 0.1) is 0 Å². The monoisotopic (exact) mass is 278 g/mol. The minimum absolute atomic E-state index is 0.0331. The SMILES string of the molecule is CNc1nc(NC(C)CC(C)O)nc(-n2cncn2)n1. The van der Waals surface area contributed by atoms with E-state index in [2.05, 4.69) is 35.7 Å². The quantitative estimate of drug-likeness (QED) is 0.680. The van der Waals surface area contributed by atoms with Gasteiger partial charge in [-0.1, -0.05) is 0 Å². The molecule has 0 aliphatic heterocycles. The highest BCUT2D eigenvalue weighted by atomic mass is 16.3. The lowest BCUT2D eigenvalue weighted by Gasteiger charge is -2.16. The van der Waals surface area contributed by atoms with Crippen molar-refractivity contribution >= 4 is 11.9 Å². The van der Waals surface area contributed by atoms with Crippen molar-refractivity contribution in [2.75, 3.05) is 17.7 Å². The van der Waals surface area contributed by atoms with E-state index in [0.29, 0.717) is 24.3 Å². The first-order valence-electron chi connectivity index (χ1n) is 6.32. The first-order chi connectivity index (χ1) is 9.58. The highest BCUT2D eigenvalue weighted by molar-refractivity contribution is 5.37. The second-order valence-corrected chi connectivity index (χ2v) is 4.50. The molecule has 9 nitrogen and oxygen atoms in total. The number of hydrogen-bond acceptors (Lipinski definition) is 8. The van der Waals surface area contributed by atoms with E-state index in [9.17, 15) is 5.11 Å². The number of rotatable bonds is 6. The van der Waals surface area contributed by atoms with Crippen molar-refractivity contribution in [1.82, 2.24) is 29.7 Å². The van der Waals surface area contributed by atoms with Gasteiger partial charge in [0.05, 0.1) is 6.10 Å². The van der Waals surface area contributed by atoms with Gasteiger partial charge in [-0.25, -0.2) is 4.98 Å². The largest absolute Gasteiger partial charge is 0.393 e.